The van der Waals surface area contributed by atoms with E-state index in [1.54, 1.807) is 5.51 Å². The van der Waals surface area contributed by atoms with Gasteiger partial charge in [0.15, 0.2) is 0 Å². The number of nitriles is 1. The third kappa shape index (κ3) is 2.95. The smallest absolute Gasteiger partial charge is 0.264 e. The molecule has 5 heteroatoms. The lowest BCUT2D eigenvalue weighted by molar-refractivity contribution is 0.0894. The molecule has 0 unspecified atom stereocenters. The number of hydrogen-bond donors (Lipinski definition) is 1. The van der Waals surface area contributed by atoms with Gasteiger partial charge in [-0.2, -0.15) is 5.26 Å². The highest BCUT2D eigenvalue weighted by Crippen LogP contribution is 2.33. The normalized spacial score (nSPS) is 26.7. The number of amides is 1. The second-order valence-corrected chi connectivity index (χ2v) is 6.12. The van der Waals surface area contributed by atoms with Crippen molar-refractivity contribution in [2.75, 3.05) is 0 Å². The molecule has 1 amide bonds. The first-order chi connectivity index (χ1) is 9.10. The molecule has 0 spiro atoms. The van der Waals surface area contributed by atoms with Gasteiger partial charge in [-0.05, 0) is 38.5 Å². The lowest BCUT2D eigenvalue weighted by atomic mass is 9.76. The number of hydrogen-bond acceptors (Lipinski definition) is 4. The van der Waals surface area contributed by atoms with Crippen LogP contribution in [0.2, 0.25) is 0 Å². The van der Waals surface area contributed by atoms with Crippen LogP contribution in [0, 0.1) is 24.2 Å². The Bertz CT molecular complexity index is 495. The van der Waals surface area contributed by atoms with Gasteiger partial charge in [0.25, 0.3) is 5.91 Å². The zero-order valence-corrected chi connectivity index (χ0v) is 12.2. The molecule has 2 rings (SSSR count). The first-order valence-corrected chi connectivity index (χ1v) is 7.62. The number of thiazole rings is 1. The van der Waals surface area contributed by atoms with E-state index in [0.29, 0.717) is 10.8 Å². The number of aryl methyl sites for hydroxylation is 1. The van der Waals surface area contributed by atoms with Gasteiger partial charge in [-0.1, -0.05) is 13.3 Å². The summed E-state index contributed by atoms with van der Waals surface area (Å²) in [7, 11) is 0. The summed E-state index contributed by atoms with van der Waals surface area (Å²) in [5.41, 5.74) is 1.72. The Balaban J connectivity index is 2.06. The van der Waals surface area contributed by atoms with Crippen molar-refractivity contribution in [1.29, 1.82) is 5.26 Å². The lowest BCUT2D eigenvalue weighted by Gasteiger charge is -2.35. The number of nitrogens with one attached hydrogen (secondary N) is 1. The van der Waals surface area contributed by atoms with Crippen molar-refractivity contribution in [3.63, 3.8) is 0 Å². The molecule has 1 aliphatic carbocycles. The standard InChI is InChI=1S/C14H19N3OS/c1-3-11-4-6-14(8-15,7-5-11)17-13(18)12-10(2)16-9-19-12/h9,11H,3-7H2,1-2H3,(H,17,18). The van der Waals surface area contributed by atoms with Crippen LogP contribution in [-0.4, -0.2) is 16.4 Å². The lowest BCUT2D eigenvalue weighted by Crippen LogP contribution is -2.49. The number of carbonyl (C=O) groups is 1. The van der Waals surface area contributed by atoms with E-state index in [2.05, 4.69) is 23.3 Å². The van der Waals surface area contributed by atoms with Gasteiger partial charge in [0.2, 0.25) is 0 Å². The van der Waals surface area contributed by atoms with Crippen LogP contribution >= 0.6 is 11.3 Å². The Morgan fingerprint density at radius 3 is 2.79 bits per heavy atom. The fourth-order valence-electron chi connectivity index (χ4n) is 2.64. The van der Waals surface area contributed by atoms with Crippen LogP contribution in [0.4, 0.5) is 0 Å². The van der Waals surface area contributed by atoms with Gasteiger partial charge in [0.05, 0.1) is 17.3 Å². The first-order valence-electron chi connectivity index (χ1n) is 6.74. The minimum absolute atomic E-state index is 0.156. The van der Waals surface area contributed by atoms with Crippen molar-refractivity contribution in [3.05, 3.63) is 16.1 Å². The molecule has 0 radical (unpaired) electrons. The fraction of sp³-hybridized carbons (Fsp3) is 0.643. The molecule has 1 aromatic heterocycles. The van der Waals surface area contributed by atoms with E-state index < -0.39 is 5.54 Å². The van der Waals surface area contributed by atoms with Crippen LogP contribution in [0.15, 0.2) is 5.51 Å². The van der Waals surface area contributed by atoms with E-state index in [0.717, 1.165) is 37.8 Å². The average Bonchev–Trinajstić information content (AvgIpc) is 2.86. The predicted octanol–water partition coefficient (Wildman–Crippen LogP) is 3.04. The molecular formula is C14H19N3OS. The van der Waals surface area contributed by atoms with Crippen LogP contribution in [0.3, 0.4) is 0 Å². The summed E-state index contributed by atoms with van der Waals surface area (Å²) >= 11 is 1.33. The zero-order valence-electron chi connectivity index (χ0n) is 11.4. The summed E-state index contributed by atoms with van der Waals surface area (Å²) < 4.78 is 0. The average molecular weight is 277 g/mol. The molecule has 4 nitrogen and oxygen atoms in total. The third-order valence-electron chi connectivity index (χ3n) is 4.05. The maximum absolute atomic E-state index is 12.2. The molecular weight excluding hydrogens is 258 g/mol. The molecule has 1 aliphatic rings. The molecule has 0 saturated heterocycles. The molecule has 0 atom stereocenters. The van der Waals surface area contributed by atoms with Gasteiger partial charge >= 0.3 is 0 Å². The van der Waals surface area contributed by atoms with E-state index >= 15 is 0 Å². The largest absolute Gasteiger partial charge is 0.333 e. The first kappa shape index (κ1) is 14.0. The maximum Gasteiger partial charge on any atom is 0.264 e. The Kier molecular flexibility index (Phi) is 4.20. The van der Waals surface area contributed by atoms with Gasteiger partial charge in [-0.15, -0.1) is 11.3 Å². The van der Waals surface area contributed by atoms with E-state index in [4.69, 9.17) is 0 Å². The summed E-state index contributed by atoms with van der Waals surface area (Å²) in [4.78, 5) is 16.9. The molecule has 102 valence electrons. The number of aromatic nitrogens is 1. The topological polar surface area (TPSA) is 65.8 Å². The molecule has 1 N–H and O–H groups in total. The number of carbonyl (C=O) groups excluding carboxylic acids is 1. The van der Waals surface area contributed by atoms with Crippen molar-refractivity contribution in [2.24, 2.45) is 5.92 Å². The van der Waals surface area contributed by atoms with Crippen molar-refractivity contribution in [2.45, 2.75) is 51.5 Å². The highest BCUT2D eigenvalue weighted by molar-refractivity contribution is 7.11. The molecule has 1 fully saturated rings. The highest BCUT2D eigenvalue weighted by Gasteiger charge is 2.37. The monoisotopic (exact) mass is 277 g/mol. The van der Waals surface area contributed by atoms with Crippen molar-refractivity contribution in [1.82, 2.24) is 10.3 Å². The van der Waals surface area contributed by atoms with Gasteiger partial charge in [0.1, 0.15) is 10.4 Å². The molecule has 1 saturated carbocycles. The SMILES string of the molecule is CCC1CCC(C#N)(NC(=O)c2scnc2C)CC1. The van der Waals surface area contributed by atoms with Gasteiger partial charge in [-0.25, -0.2) is 4.98 Å². The molecule has 0 bridgehead atoms. The van der Waals surface area contributed by atoms with Crippen LogP contribution < -0.4 is 5.32 Å². The fourth-order valence-corrected chi connectivity index (χ4v) is 3.33. The summed E-state index contributed by atoms with van der Waals surface area (Å²) in [6.07, 6.45) is 4.71. The summed E-state index contributed by atoms with van der Waals surface area (Å²) in [6, 6.07) is 2.33. The summed E-state index contributed by atoms with van der Waals surface area (Å²) in [6.45, 7) is 4.00. The Hall–Kier alpha value is -1.41. The van der Waals surface area contributed by atoms with Crippen LogP contribution in [0.1, 0.15) is 54.4 Å². The zero-order chi connectivity index (χ0) is 13.9. The molecule has 0 aromatic carbocycles. The number of rotatable bonds is 3. The summed E-state index contributed by atoms with van der Waals surface area (Å²) in [5.74, 6) is 0.542. The second-order valence-electron chi connectivity index (χ2n) is 5.27. The molecule has 1 aromatic rings. The maximum atomic E-state index is 12.2. The molecule has 19 heavy (non-hydrogen) atoms. The predicted molar refractivity (Wildman–Crippen MR) is 74.9 cm³/mol. The van der Waals surface area contributed by atoms with Crippen molar-refractivity contribution >= 4 is 17.2 Å². The van der Waals surface area contributed by atoms with Gasteiger partial charge < -0.3 is 5.32 Å². The number of nitrogens with zero attached hydrogens (tertiary/aromatic N) is 2. The van der Waals surface area contributed by atoms with E-state index in [-0.39, 0.29) is 5.91 Å². The van der Waals surface area contributed by atoms with Crippen LogP contribution in [-0.2, 0) is 0 Å². The van der Waals surface area contributed by atoms with E-state index in [9.17, 15) is 10.1 Å². The van der Waals surface area contributed by atoms with E-state index in [1.165, 1.54) is 11.3 Å². The summed E-state index contributed by atoms with van der Waals surface area (Å²) in [5, 5.41) is 12.4. The van der Waals surface area contributed by atoms with Crippen LogP contribution in [0.25, 0.3) is 0 Å². The minimum Gasteiger partial charge on any atom is -0.333 e. The Morgan fingerprint density at radius 1 is 1.63 bits per heavy atom. The van der Waals surface area contributed by atoms with Crippen LogP contribution in [0.5, 0.6) is 0 Å². The molecule has 0 aliphatic heterocycles. The minimum atomic E-state index is -0.681. The van der Waals surface area contributed by atoms with Gasteiger partial charge in [-0.3, -0.25) is 4.79 Å². The third-order valence-corrected chi connectivity index (χ3v) is 4.98. The molecule has 1 heterocycles. The van der Waals surface area contributed by atoms with E-state index in [1.807, 2.05) is 6.92 Å². The Labute approximate surface area is 117 Å². The highest BCUT2D eigenvalue weighted by atomic mass is 32.1. The van der Waals surface area contributed by atoms with Crippen molar-refractivity contribution < 1.29 is 4.79 Å². The Morgan fingerprint density at radius 2 is 2.32 bits per heavy atom. The van der Waals surface area contributed by atoms with Gasteiger partial charge in [0, 0.05) is 0 Å². The quantitative estimate of drug-likeness (QED) is 0.923. The van der Waals surface area contributed by atoms with Crippen molar-refractivity contribution in [3.8, 4) is 6.07 Å². The second kappa shape index (κ2) is 5.70.